The first kappa shape index (κ1) is 22.9. The number of rotatable bonds is 5. The second-order valence-corrected chi connectivity index (χ2v) is 10.2. The van der Waals surface area contributed by atoms with E-state index in [2.05, 4.69) is 39.3 Å². The van der Waals surface area contributed by atoms with E-state index in [1.165, 1.54) is 11.8 Å². The standard InChI is InChI=1S/C25H26N6O4S/c1-15-10-16-4-3-5-20(16)23(22(15)17-7-9-30-18(11-17)6-8-26-30)28-25(32)29-36(33)21-12-27-31-13-19(34-2)14-35-24(21)31/h6-12,19H,3-5,13-14H2,1-2H3,(H2,28,29,32). The maximum Gasteiger partial charge on any atom is 0.361 e. The van der Waals surface area contributed by atoms with Crippen LogP contribution in [0.1, 0.15) is 23.1 Å². The van der Waals surface area contributed by atoms with Gasteiger partial charge in [-0.1, -0.05) is 6.07 Å². The molecule has 10 nitrogen and oxygen atoms in total. The molecule has 0 saturated heterocycles. The van der Waals surface area contributed by atoms with Gasteiger partial charge in [0.25, 0.3) is 10.8 Å². The van der Waals surface area contributed by atoms with Crippen molar-refractivity contribution in [2.24, 2.45) is 0 Å². The van der Waals surface area contributed by atoms with Crippen LogP contribution < -0.4 is 14.8 Å². The van der Waals surface area contributed by atoms with Gasteiger partial charge in [-0.3, -0.25) is 0 Å². The number of methoxy groups -OCH3 is 1. The molecule has 4 aromatic rings. The molecule has 3 aromatic heterocycles. The number of hydrogen-bond acceptors (Lipinski definition) is 6. The summed E-state index contributed by atoms with van der Waals surface area (Å²) < 4.78 is 30.1. The quantitative estimate of drug-likeness (QED) is 0.401. The first-order valence-corrected chi connectivity index (χ1v) is 13.0. The number of hydrogen-bond donors (Lipinski definition) is 2. The summed E-state index contributed by atoms with van der Waals surface area (Å²) in [5.41, 5.74) is 7.10. The number of urea groups is 1. The lowest BCUT2D eigenvalue weighted by Gasteiger charge is -2.23. The van der Waals surface area contributed by atoms with Gasteiger partial charge in [-0.15, -0.1) is 4.72 Å². The van der Waals surface area contributed by atoms with E-state index in [4.69, 9.17) is 9.47 Å². The van der Waals surface area contributed by atoms with Crippen molar-refractivity contribution in [1.29, 1.82) is 0 Å². The van der Waals surface area contributed by atoms with E-state index in [0.29, 0.717) is 23.9 Å². The molecule has 0 saturated carbocycles. The van der Waals surface area contributed by atoms with Crippen molar-refractivity contribution in [2.75, 3.05) is 19.0 Å². The third kappa shape index (κ3) is 3.98. The van der Waals surface area contributed by atoms with Crippen molar-refractivity contribution in [3.63, 3.8) is 0 Å². The van der Waals surface area contributed by atoms with Crippen LogP contribution in [-0.4, -0.2) is 49.8 Å². The minimum Gasteiger partial charge on any atom is -0.588 e. The molecular formula is C25H26N6O4S. The van der Waals surface area contributed by atoms with Gasteiger partial charge in [0.15, 0.2) is 0 Å². The molecule has 11 heteroatoms. The van der Waals surface area contributed by atoms with E-state index in [1.54, 1.807) is 22.5 Å². The molecule has 4 heterocycles. The van der Waals surface area contributed by atoms with Gasteiger partial charge in [-0.05, 0) is 66.6 Å². The van der Waals surface area contributed by atoms with Gasteiger partial charge in [-0.25, -0.2) is 14.0 Å². The highest BCUT2D eigenvalue weighted by Gasteiger charge is 2.31. The Morgan fingerprint density at radius 3 is 3.03 bits per heavy atom. The van der Waals surface area contributed by atoms with Gasteiger partial charge >= 0.3 is 6.03 Å². The molecule has 1 aliphatic carbocycles. The summed E-state index contributed by atoms with van der Waals surface area (Å²) in [5, 5.41) is 11.5. The first-order valence-electron chi connectivity index (χ1n) is 11.8. The van der Waals surface area contributed by atoms with Crippen molar-refractivity contribution in [3.8, 4) is 17.0 Å². The highest BCUT2D eigenvalue weighted by Crippen LogP contribution is 2.40. The molecule has 0 bridgehead atoms. The SMILES string of the molecule is COC1COc2c([S+]([O-])NC(=O)Nc3c4c(cc(C)c3-c3ccn5nccc5c3)CCC4)cnn2C1. The monoisotopic (exact) mass is 506 g/mol. The van der Waals surface area contributed by atoms with Gasteiger partial charge < -0.3 is 19.3 Å². The number of nitrogens with one attached hydrogen (secondary N) is 2. The third-order valence-corrected chi connectivity index (χ3v) is 7.84. The van der Waals surface area contributed by atoms with Crippen molar-refractivity contribution in [3.05, 3.63) is 59.5 Å². The molecule has 6 rings (SSSR count). The lowest BCUT2D eigenvalue weighted by atomic mass is 9.93. The normalized spacial score (nSPS) is 17.4. The average Bonchev–Trinajstić information content (AvgIpc) is 3.62. The summed E-state index contributed by atoms with van der Waals surface area (Å²) in [4.78, 5) is 13.5. The number of pyridine rings is 1. The van der Waals surface area contributed by atoms with Crippen LogP contribution in [0.2, 0.25) is 0 Å². The van der Waals surface area contributed by atoms with Gasteiger partial charge in [-0.2, -0.15) is 10.2 Å². The molecule has 1 aliphatic heterocycles. The largest absolute Gasteiger partial charge is 0.588 e. The summed E-state index contributed by atoms with van der Waals surface area (Å²) in [6.45, 7) is 2.88. The number of carbonyl (C=O) groups excluding carboxylic acids is 1. The Balaban J connectivity index is 1.29. The number of nitrogens with zero attached hydrogens (tertiary/aromatic N) is 4. The number of amides is 2. The van der Waals surface area contributed by atoms with E-state index in [0.717, 1.165) is 52.7 Å². The van der Waals surface area contributed by atoms with Crippen LogP contribution in [0.15, 0.2) is 47.8 Å². The van der Waals surface area contributed by atoms with Crippen LogP contribution >= 0.6 is 0 Å². The van der Waals surface area contributed by atoms with Crippen LogP contribution in [0, 0.1) is 6.92 Å². The third-order valence-electron chi connectivity index (χ3n) is 6.78. The molecule has 2 aliphatic rings. The highest BCUT2D eigenvalue weighted by molar-refractivity contribution is 7.90. The van der Waals surface area contributed by atoms with E-state index in [9.17, 15) is 9.35 Å². The molecular weight excluding hydrogens is 480 g/mol. The molecule has 0 spiro atoms. The van der Waals surface area contributed by atoms with E-state index in [1.807, 2.05) is 18.3 Å². The Morgan fingerprint density at radius 2 is 2.17 bits per heavy atom. The van der Waals surface area contributed by atoms with Crippen molar-refractivity contribution >= 4 is 28.6 Å². The van der Waals surface area contributed by atoms with E-state index < -0.39 is 17.4 Å². The maximum atomic E-state index is 13.1. The molecule has 2 unspecified atom stereocenters. The Hall–Kier alpha value is -3.54. The molecule has 186 valence electrons. The number of carbonyl (C=O) groups is 1. The second-order valence-electron chi connectivity index (χ2n) is 9.04. The fraction of sp³-hybridized carbons (Fsp3) is 0.320. The Morgan fingerprint density at radius 1 is 1.28 bits per heavy atom. The number of anilines is 1. The van der Waals surface area contributed by atoms with Gasteiger partial charge in [0.05, 0.1) is 17.7 Å². The van der Waals surface area contributed by atoms with E-state index >= 15 is 0 Å². The predicted molar refractivity (Wildman–Crippen MR) is 134 cm³/mol. The summed E-state index contributed by atoms with van der Waals surface area (Å²) in [6.07, 6.45) is 7.88. The van der Waals surface area contributed by atoms with E-state index in [-0.39, 0.29) is 6.10 Å². The molecule has 2 amide bonds. The fourth-order valence-corrected chi connectivity index (χ4v) is 5.87. The number of benzene rings is 1. The number of aromatic nitrogens is 4. The van der Waals surface area contributed by atoms with Gasteiger partial charge in [0.2, 0.25) is 0 Å². The molecule has 1 aromatic carbocycles. The zero-order valence-electron chi connectivity index (χ0n) is 20.0. The summed E-state index contributed by atoms with van der Waals surface area (Å²) >= 11 is -1.85. The maximum absolute atomic E-state index is 13.1. The Bertz CT molecular complexity index is 1460. The minimum atomic E-state index is -1.85. The van der Waals surface area contributed by atoms with Crippen molar-refractivity contribution in [1.82, 2.24) is 24.1 Å². The summed E-state index contributed by atoms with van der Waals surface area (Å²) in [5.74, 6) is 0.383. The fourth-order valence-electron chi connectivity index (χ4n) is 5.08. The van der Waals surface area contributed by atoms with Crippen LogP contribution in [-0.2, 0) is 35.5 Å². The van der Waals surface area contributed by atoms with Crippen LogP contribution in [0.4, 0.5) is 10.5 Å². The molecule has 2 N–H and O–H groups in total. The van der Waals surface area contributed by atoms with Crippen LogP contribution in [0.25, 0.3) is 16.6 Å². The summed E-state index contributed by atoms with van der Waals surface area (Å²) in [6, 6.07) is 7.66. The van der Waals surface area contributed by atoms with Crippen LogP contribution in [0.3, 0.4) is 0 Å². The average molecular weight is 507 g/mol. The molecule has 0 fully saturated rings. The molecule has 36 heavy (non-hydrogen) atoms. The zero-order valence-corrected chi connectivity index (χ0v) is 20.8. The van der Waals surface area contributed by atoms with Gasteiger partial charge in [0, 0.05) is 25.1 Å². The Labute approximate surface area is 210 Å². The highest BCUT2D eigenvalue weighted by atomic mass is 32.2. The first-order chi connectivity index (χ1) is 17.5. The molecule has 0 radical (unpaired) electrons. The molecule has 2 atom stereocenters. The predicted octanol–water partition coefficient (Wildman–Crippen LogP) is 3.25. The smallest absolute Gasteiger partial charge is 0.361 e. The lowest BCUT2D eigenvalue weighted by Crippen LogP contribution is -2.36. The number of fused-ring (bicyclic) bond motifs is 3. The second kappa shape index (κ2) is 9.16. The minimum absolute atomic E-state index is 0.126. The summed E-state index contributed by atoms with van der Waals surface area (Å²) in [7, 11) is 1.61. The van der Waals surface area contributed by atoms with Gasteiger partial charge in [0.1, 0.15) is 30.3 Å². The zero-order chi connectivity index (χ0) is 24.8. The topological polar surface area (TPSA) is 118 Å². The van der Waals surface area contributed by atoms with Crippen molar-refractivity contribution < 1.29 is 18.8 Å². The van der Waals surface area contributed by atoms with Crippen molar-refractivity contribution in [2.45, 2.75) is 43.7 Å². The lowest BCUT2D eigenvalue weighted by molar-refractivity contribution is 0.0165. The number of aryl methyl sites for hydroxylation is 2. The Kier molecular flexibility index (Phi) is 5.82. The number of ether oxygens (including phenoxy) is 2. The van der Waals surface area contributed by atoms with Crippen LogP contribution in [0.5, 0.6) is 5.88 Å².